The summed E-state index contributed by atoms with van der Waals surface area (Å²) in [4.78, 5) is 12.4. The molecular formula is C22H19ClFNO4S. The van der Waals surface area contributed by atoms with Crippen LogP contribution in [0.4, 0.5) is 4.39 Å². The summed E-state index contributed by atoms with van der Waals surface area (Å²) in [5, 5.41) is 0.0592. The number of nitrogens with zero attached hydrogens (tertiary/aromatic N) is 1. The minimum atomic E-state index is -3.87. The van der Waals surface area contributed by atoms with Crippen molar-refractivity contribution in [3.05, 3.63) is 100 Å². The quantitative estimate of drug-likeness (QED) is 0.494. The molecule has 0 heterocycles. The zero-order valence-electron chi connectivity index (χ0n) is 16.1. The molecule has 0 saturated heterocycles. The molecule has 0 unspecified atom stereocenters. The van der Waals surface area contributed by atoms with Gasteiger partial charge in [0.05, 0.1) is 15.5 Å². The van der Waals surface area contributed by atoms with Gasteiger partial charge in [-0.15, -0.1) is 0 Å². The first-order valence-corrected chi connectivity index (χ1v) is 10.8. The number of esters is 1. The highest BCUT2D eigenvalue weighted by Gasteiger charge is 2.24. The Bertz CT molecular complexity index is 1150. The molecule has 0 atom stereocenters. The van der Waals surface area contributed by atoms with E-state index in [9.17, 15) is 17.6 Å². The van der Waals surface area contributed by atoms with Gasteiger partial charge in [0.1, 0.15) is 12.4 Å². The molecule has 3 rings (SSSR count). The second-order valence-electron chi connectivity index (χ2n) is 6.59. The van der Waals surface area contributed by atoms with E-state index in [1.165, 1.54) is 47.8 Å². The number of ether oxygens (including phenoxy) is 1. The summed E-state index contributed by atoms with van der Waals surface area (Å²) >= 11 is 6.09. The molecule has 3 aromatic carbocycles. The molecule has 0 aliphatic heterocycles. The zero-order chi connectivity index (χ0) is 21.7. The van der Waals surface area contributed by atoms with E-state index in [4.69, 9.17) is 16.3 Å². The number of hydrogen-bond donors (Lipinski definition) is 0. The zero-order valence-corrected chi connectivity index (χ0v) is 17.7. The third kappa shape index (κ3) is 5.24. The minimum Gasteiger partial charge on any atom is -0.457 e. The lowest BCUT2D eigenvalue weighted by atomic mass is 10.2. The van der Waals surface area contributed by atoms with Crippen molar-refractivity contribution in [2.75, 3.05) is 7.05 Å². The molecule has 0 N–H and O–H groups in total. The van der Waals surface area contributed by atoms with Gasteiger partial charge in [-0.2, -0.15) is 4.31 Å². The molecule has 0 radical (unpaired) electrons. The van der Waals surface area contributed by atoms with Gasteiger partial charge < -0.3 is 4.74 Å². The Labute approximate surface area is 179 Å². The second-order valence-corrected chi connectivity index (χ2v) is 9.05. The molecule has 0 aliphatic rings. The number of benzene rings is 3. The molecule has 0 saturated carbocycles. The normalized spacial score (nSPS) is 11.5. The van der Waals surface area contributed by atoms with Crippen molar-refractivity contribution in [2.45, 2.75) is 18.0 Å². The van der Waals surface area contributed by atoms with E-state index < -0.39 is 21.8 Å². The monoisotopic (exact) mass is 447 g/mol. The number of rotatable bonds is 7. The van der Waals surface area contributed by atoms with Crippen molar-refractivity contribution in [2.24, 2.45) is 0 Å². The van der Waals surface area contributed by atoms with Crippen LogP contribution in [-0.4, -0.2) is 25.7 Å². The number of carbonyl (C=O) groups is 1. The summed E-state index contributed by atoms with van der Waals surface area (Å²) in [6, 6.07) is 18.6. The lowest BCUT2D eigenvalue weighted by molar-refractivity contribution is 0.0472. The molecule has 0 aliphatic carbocycles. The van der Waals surface area contributed by atoms with Crippen LogP contribution in [0.5, 0.6) is 0 Å². The molecule has 30 heavy (non-hydrogen) atoms. The third-order valence-electron chi connectivity index (χ3n) is 4.37. The molecule has 156 valence electrons. The van der Waals surface area contributed by atoms with Crippen molar-refractivity contribution in [3.63, 3.8) is 0 Å². The van der Waals surface area contributed by atoms with Crippen LogP contribution in [0.3, 0.4) is 0 Å². The Balaban J connectivity index is 1.78. The van der Waals surface area contributed by atoms with E-state index >= 15 is 0 Å². The fraction of sp³-hybridized carbons (Fsp3) is 0.136. The van der Waals surface area contributed by atoms with Gasteiger partial charge in [-0.05, 0) is 41.5 Å². The van der Waals surface area contributed by atoms with Crippen LogP contribution in [0.15, 0.2) is 77.7 Å². The van der Waals surface area contributed by atoms with Gasteiger partial charge in [0.15, 0.2) is 0 Å². The number of sulfonamides is 1. The fourth-order valence-corrected chi connectivity index (χ4v) is 4.16. The van der Waals surface area contributed by atoms with Crippen molar-refractivity contribution in [1.29, 1.82) is 0 Å². The van der Waals surface area contributed by atoms with Gasteiger partial charge in [0.2, 0.25) is 10.0 Å². The van der Waals surface area contributed by atoms with E-state index in [1.54, 1.807) is 6.07 Å². The van der Waals surface area contributed by atoms with E-state index in [1.807, 2.05) is 30.3 Å². The Morgan fingerprint density at radius 1 is 1.00 bits per heavy atom. The maximum Gasteiger partial charge on any atom is 0.340 e. The predicted octanol–water partition coefficient (Wildman–Crippen LogP) is 4.66. The average molecular weight is 448 g/mol. The first kappa shape index (κ1) is 22.0. The van der Waals surface area contributed by atoms with E-state index in [-0.39, 0.29) is 28.6 Å². The highest BCUT2D eigenvalue weighted by Crippen LogP contribution is 2.24. The van der Waals surface area contributed by atoms with Crippen LogP contribution < -0.4 is 0 Å². The van der Waals surface area contributed by atoms with E-state index in [0.29, 0.717) is 5.56 Å². The van der Waals surface area contributed by atoms with Gasteiger partial charge >= 0.3 is 5.97 Å². The number of halogens is 2. The Morgan fingerprint density at radius 3 is 2.40 bits per heavy atom. The van der Waals surface area contributed by atoms with Crippen molar-refractivity contribution in [1.82, 2.24) is 4.31 Å². The summed E-state index contributed by atoms with van der Waals surface area (Å²) < 4.78 is 45.5. The summed E-state index contributed by atoms with van der Waals surface area (Å²) in [6.07, 6.45) is 0. The maximum atomic E-state index is 13.3. The van der Waals surface area contributed by atoms with Crippen LogP contribution in [0.2, 0.25) is 5.02 Å². The SMILES string of the molecule is CN(Cc1ccccc1)S(=O)(=O)c1ccc(Cl)c(C(=O)OCc2cccc(F)c2)c1. The summed E-state index contributed by atoms with van der Waals surface area (Å²) in [7, 11) is -2.41. The first-order valence-electron chi connectivity index (χ1n) is 8.99. The third-order valence-corrected chi connectivity index (χ3v) is 6.50. The molecule has 3 aromatic rings. The number of carbonyl (C=O) groups excluding carboxylic acids is 1. The lowest BCUT2D eigenvalue weighted by Crippen LogP contribution is -2.26. The Hall–Kier alpha value is -2.74. The van der Waals surface area contributed by atoms with Crippen molar-refractivity contribution in [3.8, 4) is 0 Å². The maximum absolute atomic E-state index is 13.3. The number of hydrogen-bond acceptors (Lipinski definition) is 4. The van der Waals surface area contributed by atoms with E-state index in [0.717, 1.165) is 5.56 Å². The molecule has 0 aromatic heterocycles. The summed E-state index contributed by atoms with van der Waals surface area (Å²) in [5.74, 6) is -1.25. The highest BCUT2D eigenvalue weighted by atomic mass is 35.5. The van der Waals surface area contributed by atoms with Crippen LogP contribution in [0.1, 0.15) is 21.5 Å². The van der Waals surface area contributed by atoms with Crippen LogP contribution >= 0.6 is 11.6 Å². The molecule has 8 heteroatoms. The predicted molar refractivity (Wildman–Crippen MR) is 112 cm³/mol. The second kappa shape index (κ2) is 9.38. The molecule has 0 amide bonds. The lowest BCUT2D eigenvalue weighted by Gasteiger charge is -2.18. The van der Waals surface area contributed by atoms with Crippen molar-refractivity contribution < 1.29 is 22.3 Å². The van der Waals surface area contributed by atoms with Gasteiger partial charge in [-0.3, -0.25) is 0 Å². The van der Waals surface area contributed by atoms with Crippen LogP contribution in [0, 0.1) is 5.82 Å². The van der Waals surface area contributed by atoms with Crippen LogP contribution in [-0.2, 0) is 27.9 Å². The van der Waals surface area contributed by atoms with Gasteiger partial charge in [0.25, 0.3) is 0 Å². The highest BCUT2D eigenvalue weighted by molar-refractivity contribution is 7.89. The smallest absolute Gasteiger partial charge is 0.340 e. The topological polar surface area (TPSA) is 63.7 Å². The van der Waals surface area contributed by atoms with E-state index in [2.05, 4.69) is 0 Å². The largest absolute Gasteiger partial charge is 0.457 e. The Morgan fingerprint density at radius 2 is 1.70 bits per heavy atom. The minimum absolute atomic E-state index is 0.0592. The fourth-order valence-electron chi connectivity index (χ4n) is 2.78. The molecular weight excluding hydrogens is 429 g/mol. The molecule has 5 nitrogen and oxygen atoms in total. The molecule has 0 bridgehead atoms. The van der Waals surface area contributed by atoms with Crippen LogP contribution in [0.25, 0.3) is 0 Å². The van der Waals surface area contributed by atoms with Crippen molar-refractivity contribution >= 4 is 27.6 Å². The van der Waals surface area contributed by atoms with Gasteiger partial charge in [-0.1, -0.05) is 54.1 Å². The molecule has 0 spiro atoms. The summed E-state index contributed by atoms with van der Waals surface area (Å²) in [6.45, 7) is 0.00294. The van der Waals surface area contributed by atoms with Gasteiger partial charge in [-0.25, -0.2) is 17.6 Å². The standard InChI is InChI=1S/C22H19ClFNO4S/c1-25(14-16-6-3-2-4-7-16)30(27,28)19-10-11-21(23)20(13-19)22(26)29-15-17-8-5-9-18(24)12-17/h2-13H,14-15H2,1H3. The van der Waals surface area contributed by atoms with Gasteiger partial charge in [0, 0.05) is 13.6 Å². The first-order chi connectivity index (χ1) is 14.3. The average Bonchev–Trinajstić information content (AvgIpc) is 2.73. The summed E-state index contributed by atoms with van der Waals surface area (Å²) in [5.41, 5.74) is 1.21. The molecule has 0 fully saturated rings. The Kier molecular flexibility index (Phi) is 6.87.